The summed E-state index contributed by atoms with van der Waals surface area (Å²) in [5.74, 6) is 1.56. The number of H-pyrrole nitrogens is 1. The quantitative estimate of drug-likeness (QED) is 0.875. The number of nitrogens with zero attached hydrogens (tertiary/aromatic N) is 1. The van der Waals surface area contributed by atoms with Gasteiger partial charge in [0.25, 0.3) is 0 Å². The number of nitrogens with one attached hydrogen (secondary N) is 1. The summed E-state index contributed by atoms with van der Waals surface area (Å²) in [6.45, 7) is 3.85. The van der Waals surface area contributed by atoms with Crippen molar-refractivity contribution in [2.24, 2.45) is 5.92 Å². The van der Waals surface area contributed by atoms with Gasteiger partial charge in [0.2, 0.25) is 0 Å². The molecule has 0 spiro atoms. The van der Waals surface area contributed by atoms with Gasteiger partial charge in [-0.2, -0.15) is 5.10 Å². The molecule has 3 heterocycles. The third kappa shape index (κ3) is 1.93. The van der Waals surface area contributed by atoms with Crippen LogP contribution in [0.5, 0.6) is 0 Å². The first-order valence-corrected chi connectivity index (χ1v) is 7.10. The van der Waals surface area contributed by atoms with Gasteiger partial charge in [-0.25, -0.2) is 0 Å². The molecule has 0 aromatic carbocycles. The number of hydrogen-bond donors (Lipinski definition) is 2. The second kappa shape index (κ2) is 4.74. The van der Waals surface area contributed by atoms with E-state index in [-0.39, 0.29) is 0 Å². The number of hydrogen-bond acceptors (Lipinski definition) is 4. The van der Waals surface area contributed by atoms with Crippen molar-refractivity contribution in [1.29, 1.82) is 0 Å². The van der Waals surface area contributed by atoms with Crippen LogP contribution in [0.3, 0.4) is 0 Å². The van der Waals surface area contributed by atoms with Gasteiger partial charge < -0.3 is 10.5 Å². The van der Waals surface area contributed by atoms with Crippen LogP contribution < -0.4 is 5.73 Å². The van der Waals surface area contributed by atoms with Gasteiger partial charge in [0.05, 0.1) is 5.56 Å². The van der Waals surface area contributed by atoms with Crippen molar-refractivity contribution in [3.8, 4) is 10.4 Å². The number of nitrogen functional groups attached to an aromatic ring is 1. The van der Waals surface area contributed by atoms with E-state index in [1.165, 1.54) is 10.6 Å². The van der Waals surface area contributed by atoms with E-state index in [9.17, 15) is 0 Å². The van der Waals surface area contributed by atoms with Gasteiger partial charge in [-0.05, 0) is 23.8 Å². The van der Waals surface area contributed by atoms with E-state index in [1.807, 2.05) is 6.07 Å². The lowest BCUT2D eigenvalue weighted by atomic mass is 9.85. The molecule has 0 saturated carbocycles. The highest BCUT2D eigenvalue weighted by molar-refractivity contribution is 7.13. The number of aromatic amines is 1. The molecular weight excluding hydrogens is 246 g/mol. The van der Waals surface area contributed by atoms with Crippen molar-refractivity contribution < 1.29 is 4.74 Å². The molecule has 18 heavy (non-hydrogen) atoms. The zero-order valence-corrected chi connectivity index (χ0v) is 11.2. The number of aromatic nitrogens is 2. The van der Waals surface area contributed by atoms with Crippen LogP contribution in [0.15, 0.2) is 17.5 Å². The van der Waals surface area contributed by atoms with E-state index in [1.54, 1.807) is 11.3 Å². The molecule has 5 heteroatoms. The van der Waals surface area contributed by atoms with Crippen molar-refractivity contribution in [3.63, 3.8) is 0 Å². The predicted octanol–water partition coefficient (Wildman–Crippen LogP) is 2.86. The molecule has 0 bridgehead atoms. The first-order valence-electron chi connectivity index (χ1n) is 6.22. The number of rotatable bonds is 2. The summed E-state index contributed by atoms with van der Waals surface area (Å²) in [6.07, 6.45) is 1.03. The average Bonchev–Trinajstić information content (AvgIpc) is 2.98. The first-order chi connectivity index (χ1) is 8.77. The third-order valence-corrected chi connectivity index (χ3v) is 4.49. The first kappa shape index (κ1) is 11.7. The van der Waals surface area contributed by atoms with E-state index >= 15 is 0 Å². The fourth-order valence-electron chi connectivity index (χ4n) is 2.63. The van der Waals surface area contributed by atoms with Gasteiger partial charge in [0.1, 0.15) is 0 Å². The van der Waals surface area contributed by atoms with E-state index in [0.29, 0.717) is 17.7 Å². The highest BCUT2D eigenvalue weighted by Crippen LogP contribution is 2.40. The summed E-state index contributed by atoms with van der Waals surface area (Å²) >= 11 is 1.70. The molecule has 2 aromatic rings. The standard InChI is InChI=1S/C13H17N3OS/c1-8-7-17-5-4-9(8)12-11(13(14)16-15-12)10-3-2-6-18-10/h2-3,6,8-9H,4-5,7H2,1H3,(H3,14,15,16). The molecule has 3 rings (SSSR count). The molecule has 1 aliphatic rings. The van der Waals surface area contributed by atoms with Crippen LogP contribution in [0.4, 0.5) is 5.82 Å². The molecule has 1 saturated heterocycles. The van der Waals surface area contributed by atoms with Crippen LogP contribution in [-0.4, -0.2) is 23.4 Å². The fourth-order valence-corrected chi connectivity index (χ4v) is 3.42. The van der Waals surface area contributed by atoms with E-state index < -0.39 is 0 Å². The molecule has 4 nitrogen and oxygen atoms in total. The minimum absolute atomic E-state index is 0.459. The van der Waals surface area contributed by atoms with Gasteiger partial charge in [-0.3, -0.25) is 5.10 Å². The maximum Gasteiger partial charge on any atom is 0.154 e. The summed E-state index contributed by atoms with van der Waals surface area (Å²) < 4.78 is 5.51. The van der Waals surface area contributed by atoms with Crippen molar-refractivity contribution in [1.82, 2.24) is 10.2 Å². The van der Waals surface area contributed by atoms with E-state index in [2.05, 4.69) is 28.6 Å². The maximum absolute atomic E-state index is 6.02. The highest BCUT2D eigenvalue weighted by atomic mass is 32.1. The summed E-state index contributed by atoms with van der Waals surface area (Å²) in [6, 6.07) is 4.14. The van der Waals surface area contributed by atoms with Crippen LogP contribution in [0.2, 0.25) is 0 Å². The Morgan fingerprint density at radius 1 is 1.56 bits per heavy atom. The van der Waals surface area contributed by atoms with Crippen LogP contribution in [0.1, 0.15) is 25.0 Å². The van der Waals surface area contributed by atoms with Crippen LogP contribution in [0, 0.1) is 5.92 Å². The summed E-state index contributed by atoms with van der Waals surface area (Å²) in [4.78, 5) is 1.19. The molecule has 0 radical (unpaired) electrons. The van der Waals surface area contributed by atoms with Crippen molar-refractivity contribution in [2.75, 3.05) is 18.9 Å². The summed E-state index contributed by atoms with van der Waals surface area (Å²) in [7, 11) is 0. The monoisotopic (exact) mass is 263 g/mol. The molecule has 96 valence electrons. The van der Waals surface area contributed by atoms with Crippen molar-refractivity contribution >= 4 is 17.2 Å². The van der Waals surface area contributed by atoms with Gasteiger partial charge in [0.15, 0.2) is 5.82 Å². The lowest BCUT2D eigenvalue weighted by molar-refractivity contribution is 0.0464. The molecule has 3 N–H and O–H groups in total. The van der Waals surface area contributed by atoms with Crippen LogP contribution in [-0.2, 0) is 4.74 Å². The van der Waals surface area contributed by atoms with Gasteiger partial charge in [-0.15, -0.1) is 11.3 Å². The molecule has 2 unspecified atom stereocenters. The van der Waals surface area contributed by atoms with Crippen molar-refractivity contribution in [3.05, 3.63) is 23.2 Å². The second-order valence-corrected chi connectivity index (χ2v) is 5.77. The number of thiophene rings is 1. The van der Waals surface area contributed by atoms with Gasteiger partial charge in [-0.1, -0.05) is 13.0 Å². The Morgan fingerprint density at radius 2 is 2.44 bits per heavy atom. The Kier molecular flexibility index (Phi) is 3.09. The minimum Gasteiger partial charge on any atom is -0.382 e. The van der Waals surface area contributed by atoms with E-state index in [0.717, 1.165) is 25.2 Å². The Morgan fingerprint density at radius 3 is 3.17 bits per heavy atom. The zero-order chi connectivity index (χ0) is 12.5. The molecule has 1 fully saturated rings. The molecule has 1 aliphatic heterocycles. The predicted molar refractivity (Wildman–Crippen MR) is 73.7 cm³/mol. The Labute approximate surface area is 110 Å². The lowest BCUT2D eigenvalue weighted by Crippen LogP contribution is -2.24. The third-order valence-electron chi connectivity index (χ3n) is 3.60. The Balaban J connectivity index is 2.02. The highest BCUT2D eigenvalue weighted by Gasteiger charge is 2.29. The van der Waals surface area contributed by atoms with Gasteiger partial charge in [0, 0.05) is 29.7 Å². The SMILES string of the molecule is CC1COCCC1c1[nH]nc(N)c1-c1cccs1. The molecular formula is C13H17N3OS. The topological polar surface area (TPSA) is 63.9 Å². The number of nitrogens with two attached hydrogens (primary N) is 1. The van der Waals surface area contributed by atoms with Crippen molar-refractivity contribution in [2.45, 2.75) is 19.3 Å². The minimum atomic E-state index is 0.459. The summed E-state index contributed by atoms with van der Waals surface area (Å²) in [5.41, 5.74) is 8.28. The Hall–Kier alpha value is -1.33. The van der Waals surface area contributed by atoms with Crippen LogP contribution >= 0.6 is 11.3 Å². The van der Waals surface area contributed by atoms with Crippen LogP contribution in [0.25, 0.3) is 10.4 Å². The second-order valence-electron chi connectivity index (χ2n) is 4.82. The smallest absolute Gasteiger partial charge is 0.154 e. The van der Waals surface area contributed by atoms with E-state index in [4.69, 9.17) is 10.5 Å². The van der Waals surface area contributed by atoms with Gasteiger partial charge >= 0.3 is 0 Å². The summed E-state index contributed by atoms with van der Waals surface area (Å²) in [5, 5.41) is 9.41. The lowest BCUT2D eigenvalue weighted by Gasteiger charge is -2.28. The normalized spacial score (nSPS) is 24.3. The zero-order valence-electron chi connectivity index (χ0n) is 10.3. The molecule has 0 amide bonds. The average molecular weight is 263 g/mol. The molecule has 2 aromatic heterocycles. The largest absolute Gasteiger partial charge is 0.382 e. The fraction of sp³-hybridized carbons (Fsp3) is 0.462. The Bertz CT molecular complexity index is 520. The number of ether oxygens (including phenoxy) is 1. The molecule has 0 aliphatic carbocycles. The number of anilines is 1. The molecule has 2 atom stereocenters. The maximum atomic E-state index is 6.02.